The van der Waals surface area contributed by atoms with E-state index in [4.69, 9.17) is 11.6 Å². The largest absolute Gasteiger partial charge is 0.252 e. The fourth-order valence-electron chi connectivity index (χ4n) is 2.35. The second-order valence-corrected chi connectivity index (χ2v) is 9.46. The van der Waals surface area contributed by atoms with Gasteiger partial charge < -0.3 is 0 Å². The van der Waals surface area contributed by atoms with Gasteiger partial charge in [-0.3, -0.25) is 0 Å². The van der Waals surface area contributed by atoms with Gasteiger partial charge in [0, 0.05) is 13.1 Å². The van der Waals surface area contributed by atoms with E-state index in [2.05, 4.69) is 13.8 Å². The van der Waals surface area contributed by atoms with Crippen LogP contribution >= 0.6 is 22.9 Å². The minimum atomic E-state index is -3.39. The number of rotatable bonds is 12. The molecular weight excluding hydrogens is 338 g/mol. The third kappa shape index (κ3) is 6.57. The number of sulfonamides is 1. The number of thiophene rings is 1. The Morgan fingerprint density at radius 1 is 0.955 bits per heavy atom. The van der Waals surface area contributed by atoms with Crippen molar-refractivity contribution >= 4 is 33.0 Å². The fourth-order valence-corrected chi connectivity index (χ4v) is 5.50. The van der Waals surface area contributed by atoms with E-state index in [-0.39, 0.29) is 0 Å². The summed E-state index contributed by atoms with van der Waals surface area (Å²) in [6.45, 7) is 5.55. The predicted octanol–water partition coefficient (Wildman–Crippen LogP) is 5.55. The average Bonchev–Trinajstić information content (AvgIpc) is 2.93. The van der Waals surface area contributed by atoms with Gasteiger partial charge in [-0.1, -0.05) is 64.0 Å². The van der Waals surface area contributed by atoms with Gasteiger partial charge in [-0.05, 0) is 25.0 Å². The first-order chi connectivity index (χ1) is 10.5. The summed E-state index contributed by atoms with van der Waals surface area (Å²) in [6.07, 6.45) is 8.67. The van der Waals surface area contributed by atoms with Gasteiger partial charge in [-0.15, -0.1) is 11.3 Å². The Balaban J connectivity index is 2.69. The van der Waals surface area contributed by atoms with E-state index in [0.29, 0.717) is 21.6 Å². The lowest BCUT2D eigenvalue weighted by atomic mass is 10.2. The molecule has 1 heterocycles. The van der Waals surface area contributed by atoms with E-state index in [1.165, 1.54) is 0 Å². The number of unbranched alkanes of at least 4 members (excludes halogenated alkanes) is 6. The molecule has 0 aromatic carbocycles. The normalized spacial score (nSPS) is 12.2. The average molecular weight is 366 g/mol. The Hall–Kier alpha value is -0.100. The standard InChI is InChI=1S/C16H28ClNO2S2/c1-3-5-7-9-13-18(14-10-8-6-4-2)22(19,20)16-12-11-15(17)21-16/h11-12H,3-10,13-14H2,1-2H3. The van der Waals surface area contributed by atoms with Crippen molar-refractivity contribution in [1.82, 2.24) is 4.31 Å². The zero-order valence-electron chi connectivity index (χ0n) is 13.7. The van der Waals surface area contributed by atoms with Crippen LogP contribution in [-0.2, 0) is 10.0 Å². The minimum Gasteiger partial charge on any atom is -0.206 e. The molecule has 22 heavy (non-hydrogen) atoms. The predicted molar refractivity (Wildman–Crippen MR) is 96.4 cm³/mol. The van der Waals surface area contributed by atoms with Crippen molar-refractivity contribution in [1.29, 1.82) is 0 Å². The molecular formula is C16H28ClNO2S2. The summed E-state index contributed by atoms with van der Waals surface area (Å²) < 4.78 is 28.0. The third-order valence-corrected chi connectivity index (χ3v) is 7.26. The summed E-state index contributed by atoms with van der Waals surface area (Å²) in [4.78, 5) is 0. The molecule has 0 radical (unpaired) electrons. The van der Waals surface area contributed by atoms with E-state index in [1.54, 1.807) is 16.4 Å². The van der Waals surface area contributed by atoms with Crippen LogP contribution < -0.4 is 0 Å². The molecule has 0 fully saturated rings. The van der Waals surface area contributed by atoms with Gasteiger partial charge in [0.2, 0.25) is 0 Å². The van der Waals surface area contributed by atoms with Crippen LogP contribution in [0.3, 0.4) is 0 Å². The van der Waals surface area contributed by atoms with E-state index >= 15 is 0 Å². The molecule has 6 heteroatoms. The summed E-state index contributed by atoms with van der Waals surface area (Å²) >= 11 is 7.04. The maximum absolute atomic E-state index is 12.8. The number of halogens is 1. The maximum atomic E-state index is 12.8. The highest BCUT2D eigenvalue weighted by atomic mass is 35.5. The lowest BCUT2D eigenvalue weighted by molar-refractivity contribution is 0.386. The van der Waals surface area contributed by atoms with Crippen LogP contribution in [0.25, 0.3) is 0 Å². The molecule has 0 bridgehead atoms. The SMILES string of the molecule is CCCCCCN(CCCCCC)S(=O)(=O)c1ccc(Cl)s1. The van der Waals surface area contributed by atoms with E-state index in [1.807, 2.05) is 0 Å². The Morgan fingerprint density at radius 2 is 1.50 bits per heavy atom. The smallest absolute Gasteiger partial charge is 0.206 e. The summed E-state index contributed by atoms with van der Waals surface area (Å²) in [5.74, 6) is 0. The fraction of sp³-hybridized carbons (Fsp3) is 0.750. The number of nitrogens with zero attached hydrogens (tertiary/aromatic N) is 1. The number of hydrogen-bond acceptors (Lipinski definition) is 3. The first-order valence-corrected chi connectivity index (χ1v) is 10.9. The molecule has 0 N–H and O–H groups in total. The lowest BCUT2D eigenvalue weighted by Crippen LogP contribution is -2.32. The van der Waals surface area contributed by atoms with Crippen molar-refractivity contribution < 1.29 is 8.42 Å². The highest BCUT2D eigenvalue weighted by Gasteiger charge is 2.25. The van der Waals surface area contributed by atoms with Gasteiger partial charge >= 0.3 is 0 Å². The zero-order valence-corrected chi connectivity index (χ0v) is 16.1. The number of hydrogen-bond donors (Lipinski definition) is 0. The molecule has 0 saturated carbocycles. The molecule has 128 valence electrons. The Morgan fingerprint density at radius 3 is 1.91 bits per heavy atom. The summed E-state index contributed by atoms with van der Waals surface area (Å²) in [5, 5.41) is 0. The van der Waals surface area contributed by atoms with Crippen LogP contribution in [0.15, 0.2) is 16.3 Å². The molecule has 0 aliphatic heterocycles. The van der Waals surface area contributed by atoms with E-state index in [9.17, 15) is 8.42 Å². The molecule has 1 aromatic rings. The first kappa shape index (κ1) is 19.9. The van der Waals surface area contributed by atoms with E-state index in [0.717, 1.165) is 62.7 Å². The van der Waals surface area contributed by atoms with Gasteiger partial charge in [-0.2, -0.15) is 4.31 Å². The van der Waals surface area contributed by atoms with Gasteiger partial charge in [-0.25, -0.2) is 8.42 Å². The van der Waals surface area contributed by atoms with Gasteiger partial charge in [0.05, 0.1) is 4.34 Å². The Bertz CT molecular complexity index is 502. The van der Waals surface area contributed by atoms with Crippen LogP contribution in [0.5, 0.6) is 0 Å². The monoisotopic (exact) mass is 365 g/mol. The molecule has 0 aliphatic rings. The molecule has 0 saturated heterocycles. The molecule has 0 amide bonds. The molecule has 0 unspecified atom stereocenters. The highest BCUT2D eigenvalue weighted by Crippen LogP contribution is 2.28. The zero-order chi connectivity index (χ0) is 16.4. The van der Waals surface area contributed by atoms with Crippen LogP contribution in [-0.4, -0.2) is 25.8 Å². The van der Waals surface area contributed by atoms with Crippen LogP contribution in [0.1, 0.15) is 65.2 Å². The van der Waals surface area contributed by atoms with Crippen LogP contribution in [0, 0.1) is 0 Å². The summed E-state index contributed by atoms with van der Waals surface area (Å²) in [7, 11) is -3.39. The quantitative estimate of drug-likeness (QED) is 0.455. The summed E-state index contributed by atoms with van der Waals surface area (Å²) in [6, 6.07) is 3.28. The van der Waals surface area contributed by atoms with Gasteiger partial charge in [0.25, 0.3) is 10.0 Å². The lowest BCUT2D eigenvalue weighted by Gasteiger charge is -2.21. The highest BCUT2D eigenvalue weighted by molar-refractivity contribution is 7.91. The van der Waals surface area contributed by atoms with Crippen molar-refractivity contribution in [3.05, 3.63) is 16.5 Å². The van der Waals surface area contributed by atoms with Gasteiger partial charge in [0.1, 0.15) is 4.21 Å². The second kappa shape index (κ2) is 10.6. The minimum absolute atomic E-state index is 0.364. The van der Waals surface area contributed by atoms with Crippen LogP contribution in [0.2, 0.25) is 4.34 Å². The van der Waals surface area contributed by atoms with Crippen molar-refractivity contribution in [3.8, 4) is 0 Å². The van der Waals surface area contributed by atoms with Crippen molar-refractivity contribution in [3.63, 3.8) is 0 Å². The molecule has 1 rings (SSSR count). The van der Waals surface area contributed by atoms with Crippen LogP contribution in [0.4, 0.5) is 0 Å². The van der Waals surface area contributed by atoms with Crippen molar-refractivity contribution in [2.75, 3.05) is 13.1 Å². The maximum Gasteiger partial charge on any atom is 0.252 e. The molecule has 0 aliphatic carbocycles. The second-order valence-electron chi connectivity index (χ2n) is 5.58. The topological polar surface area (TPSA) is 37.4 Å². The van der Waals surface area contributed by atoms with Crippen molar-refractivity contribution in [2.45, 2.75) is 69.4 Å². The Labute approximate surface area is 144 Å². The summed E-state index contributed by atoms with van der Waals surface area (Å²) in [5.41, 5.74) is 0. The molecule has 0 atom stereocenters. The molecule has 1 aromatic heterocycles. The Kier molecular flexibility index (Phi) is 9.64. The third-order valence-electron chi connectivity index (χ3n) is 3.66. The molecule has 0 spiro atoms. The molecule has 3 nitrogen and oxygen atoms in total. The first-order valence-electron chi connectivity index (χ1n) is 8.27. The van der Waals surface area contributed by atoms with E-state index < -0.39 is 10.0 Å². The van der Waals surface area contributed by atoms with Gasteiger partial charge in [0.15, 0.2) is 0 Å². The van der Waals surface area contributed by atoms with Crippen molar-refractivity contribution in [2.24, 2.45) is 0 Å².